The van der Waals surface area contributed by atoms with Crippen LogP contribution in [-0.4, -0.2) is 34.4 Å². The number of hydrogen-bond donors (Lipinski definition) is 2. The van der Waals surface area contributed by atoms with Crippen molar-refractivity contribution in [3.8, 4) is 5.75 Å². The van der Waals surface area contributed by atoms with Crippen molar-refractivity contribution in [1.82, 2.24) is 25.4 Å². The number of methoxy groups -OCH3 is 1. The monoisotopic (exact) mass is 396 g/mol. The molecule has 29 heavy (non-hydrogen) atoms. The van der Waals surface area contributed by atoms with E-state index in [9.17, 15) is 0 Å². The summed E-state index contributed by atoms with van der Waals surface area (Å²) in [5.74, 6) is 3.43. The lowest BCUT2D eigenvalue weighted by molar-refractivity contribution is 0.414. The Bertz CT molecular complexity index is 837. The van der Waals surface area contributed by atoms with Crippen molar-refractivity contribution in [2.75, 3.05) is 13.7 Å². The van der Waals surface area contributed by atoms with E-state index in [1.165, 1.54) is 25.7 Å². The molecule has 0 atom stereocenters. The minimum Gasteiger partial charge on any atom is -0.497 e. The molecular weight excluding hydrogens is 364 g/mol. The van der Waals surface area contributed by atoms with E-state index in [1.54, 1.807) is 12.7 Å². The van der Waals surface area contributed by atoms with Gasteiger partial charge in [-0.3, -0.25) is 0 Å². The number of guanidine groups is 1. The molecule has 2 N–H and O–H groups in total. The van der Waals surface area contributed by atoms with Crippen LogP contribution in [0.5, 0.6) is 5.75 Å². The number of nitrogens with zero attached hydrogens (tertiary/aromatic N) is 4. The van der Waals surface area contributed by atoms with E-state index in [0.29, 0.717) is 13.1 Å². The number of ether oxygens (including phenoxy) is 1. The second-order valence-corrected chi connectivity index (χ2v) is 7.37. The maximum Gasteiger partial charge on any atom is 0.191 e. The summed E-state index contributed by atoms with van der Waals surface area (Å²) in [6.07, 6.45) is 8.54. The lowest BCUT2D eigenvalue weighted by Crippen LogP contribution is -2.38. The highest BCUT2D eigenvalue weighted by Gasteiger charge is 2.08. The first-order valence-corrected chi connectivity index (χ1v) is 10.3. The predicted molar refractivity (Wildman–Crippen MR) is 116 cm³/mol. The molecule has 1 aliphatic rings. The van der Waals surface area contributed by atoms with Gasteiger partial charge in [0.1, 0.15) is 11.6 Å². The molecular formula is C22H32N6O. The average molecular weight is 397 g/mol. The van der Waals surface area contributed by atoms with Gasteiger partial charge in [0.25, 0.3) is 0 Å². The third kappa shape index (κ3) is 6.34. The summed E-state index contributed by atoms with van der Waals surface area (Å²) in [6, 6.07) is 8.00. The Kier molecular flexibility index (Phi) is 7.67. The number of benzene rings is 1. The minimum atomic E-state index is 0.578. The normalized spacial score (nSPS) is 14.4. The lowest BCUT2D eigenvalue weighted by Gasteiger charge is -2.15. The van der Waals surface area contributed by atoms with E-state index in [4.69, 9.17) is 9.73 Å². The van der Waals surface area contributed by atoms with E-state index >= 15 is 0 Å². The van der Waals surface area contributed by atoms with Gasteiger partial charge in [0.2, 0.25) is 0 Å². The second kappa shape index (κ2) is 10.6. The van der Waals surface area contributed by atoms with E-state index in [0.717, 1.165) is 41.9 Å². The molecule has 1 aromatic carbocycles. The van der Waals surface area contributed by atoms with Crippen LogP contribution in [-0.2, 0) is 20.1 Å². The molecule has 0 bridgehead atoms. The zero-order valence-corrected chi connectivity index (χ0v) is 17.7. The summed E-state index contributed by atoms with van der Waals surface area (Å²) >= 11 is 0. The highest BCUT2D eigenvalue weighted by molar-refractivity contribution is 5.79. The Morgan fingerprint density at radius 3 is 2.66 bits per heavy atom. The average Bonchev–Trinajstić information content (AvgIpc) is 3.08. The number of aromatic nitrogens is 3. The zero-order chi connectivity index (χ0) is 20.5. The van der Waals surface area contributed by atoms with E-state index < -0.39 is 0 Å². The van der Waals surface area contributed by atoms with Gasteiger partial charge in [0, 0.05) is 13.6 Å². The van der Waals surface area contributed by atoms with Gasteiger partial charge in [-0.1, -0.05) is 23.8 Å². The van der Waals surface area contributed by atoms with E-state index in [1.807, 2.05) is 42.8 Å². The SMILES string of the molecule is COc1ccc(CN=C(NCCC2=CCCCC2)NCc2nnc(C)n2C)cc1. The van der Waals surface area contributed by atoms with Crippen LogP contribution in [0, 0.1) is 6.92 Å². The first kappa shape index (κ1) is 20.9. The molecule has 7 heteroatoms. The van der Waals surface area contributed by atoms with Crippen LogP contribution in [0.3, 0.4) is 0 Å². The number of rotatable bonds is 8. The Hall–Kier alpha value is -2.83. The van der Waals surface area contributed by atoms with Crippen molar-refractivity contribution in [2.24, 2.45) is 12.0 Å². The molecule has 1 heterocycles. The molecule has 1 aliphatic carbocycles. The van der Waals surface area contributed by atoms with Gasteiger partial charge < -0.3 is 19.9 Å². The number of hydrogen-bond acceptors (Lipinski definition) is 4. The first-order chi connectivity index (χ1) is 14.2. The van der Waals surface area contributed by atoms with Crippen LogP contribution >= 0.6 is 0 Å². The summed E-state index contributed by atoms with van der Waals surface area (Å²) in [5.41, 5.74) is 2.69. The molecule has 0 saturated heterocycles. The maximum atomic E-state index is 5.23. The van der Waals surface area contributed by atoms with Crippen LogP contribution in [0.1, 0.15) is 49.3 Å². The van der Waals surface area contributed by atoms with Crippen LogP contribution in [0.25, 0.3) is 0 Å². The summed E-state index contributed by atoms with van der Waals surface area (Å²) in [6.45, 7) is 4.00. The summed E-state index contributed by atoms with van der Waals surface area (Å²) < 4.78 is 7.21. The molecule has 156 valence electrons. The van der Waals surface area contributed by atoms with Gasteiger partial charge in [-0.15, -0.1) is 10.2 Å². The second-order valence-electron chi connectivity index (χ2n) is 7.37. The smallest absolute Gasteiger partial charge is 0.191 e. The predicted octanol–water partition coefficient (Wildman–Crippen LogP) is 3.26. The van der Waals surface area contributed by atoms with Crippen molar-refractivity contribution in [1.29, 1.82) is 0 Å². The Labute approximate surface area is 173 Å². The van der Waals surface area contributed by atoms with Gasteiger partial charge in [0.15, 0.2) is 11.8 Å². The van der Waals surface area contributed by atoms with Crippen molar-refractivity contribution < 1.29 is 4.74 Å². The number of nitrogens with one attached hydrogen (secondary N) is 2. The topological polar surface area (TPSA) is 76.4 Å². The summed E-state index contributed by atoms with van der Waals surface area (Å²) in [4.78, 5) is 4.76. The van der Waals surface area contributed by atoms with E-state index in [2.05, 4.69) is 26.9 Å². The third-order valence-electron chi connectivity index (χ3n) is 5.30. The third-order valence-corrected chi connectivity index (χ3v) is 5.30. The molecule has 0 unspecified atom stereocenters. The van der Waals surface area contributed by atoms with Gasteiger partial charge in [0.05, 0.1) is 20.2 Å². The summed E-state index contributed by atoms with van der Waals surface area (Å²) in [5, 5.41) is 15.2. The van der Waals surface area contributed by atoms with Crippen molar-refractivity contribution in [2.45, 2.75) is 52.1 Å². The van der Waals surface area contributed by atoms with Crippen LogP contribution in [0.15, 0.2) is 40.9 Å². The number of allylic oxidation sites excluding steroid dienone is 1. The zero-order valence-electron chi connectivity index (χ0n) is 17.7. The largest absolute Gasteiger partial charge is 0.497 e. The van der Waals surface area contributed by atoms with Crippen LogP contribution in [0.4, 0.5) is 0 Å². The lowest BCUT2D eigenvalue weighted by atomic mass is 9.97. The number of aliphatic imine (C=N–C) groups is 1. The Morgan fingerprint density at radius 2 is 2.00 bits per heavy atom. The Morgan fingerprint density at radius 1 is 1.17 bits per heavy atom. The fraction of sp³-hybridized carbons (Fsp3) is 0.500. The highest BCUT2D eigenvalue weighted by Crippen LogP contribution is 2.19. The standard InChI is InChI=1S/C22H32N6O/c1-17-26-27-21(28(17)2)16-25-22(23-14-13-18-7-5-4-6-8-18)24-15-19-9-11-20(29-3)12-10-19/h7,9-12H,4-6,8,13-16H2,1-3H3,(H2,23,24,25). The quantitative estimate of drug-likeness (QED) is 0.407. The molecule has 3 rings (SSSR count). The summed E-state index contributed by atoms with van der Waals surface area (Å²) in [7, 11) is 3.65. The highest BCUT2D eigenvalue weighted by atomic mass is 16.5. The molecule has 2 aromatic rings. The fourth-order valence-electron chi connectivity index (χ4n) is 3.32. The molecule has 0 saturated carbocycles. The molecule has 0 fully saturated rings. The molecule has 0 spiro atoms. The Balaban J connectivity index is 1.60. The first-order valence-electron chi connectivity index (χ1n) is 10.3. The minimum absolute atomic E-state index is 0.578. The van der Waals surface area contributed by atoms with Crippen LogP contribution < -0.4 is 15.4 Å². The maximum absolute atomic E-state index is 5.23. The van der Waals surface area contributed by atoms with Crippen molar-refractivity contribution in [3.63, 3.8) is 0 Å². The fourth-order valence-corrected chi connectivity index (χ4v) is 3.32. The molecule has 0 radical (unpaired) electrons. The molecule has 0 aliphatic heterocycles. The number of aryl methyl sites for hydroxylation is 1. The molecule has 1 aromatic heterocycles. The van der Waals surface area contributed by atoms with Gasteiger partial charge >= 0.3 is 0 Å². The van der Waals surface area contributed by atoms with Crippen LogP contribution in [0.2, 0.25) is 0 Å². The van der Waals surface area contributed by atoms with Gasteiger partial charge in [-0.2, -0.15) is 0 Å². The van der Waals surface area contributed by atoms with Crippen molar-refractivity contribution in [3.05, 3.63) is 53.1 Å². The molecule has 7 nitrogen and oxygen atoms in total. The molecule has 0 amide bonds. The van der Waals surface area contributed by atoms with Crippen molar-refractivity contribution >= 4 is 5.96 Å². The van der Waals surface area contributed by atoms with Gasteiger partial charge in [-0.25, -0.2) is 4.99 Å². The van der Waals surface area contributed by atoms with Gasteiger partial charge in [-0.05, 0) is 56.7 Å². The van der Waals surface area contributed by atoms with E-state index in [-0.39, 0.29) is 0 Å².